The molecule has 0 radical (unpaired) electrons. The van der Waals surface area contributed by atoms with Crippen molar-refractivity contribution in [3.8, 4) is 0 Å². The molecule has 0 unspecified atom stereocenters. The van der Waals surface area contributed by atoms with E-state index in [-0.39, 0.29) is 34.2 Å². The Kier molecular flexibility index (Phi) is 8.21. The van der Waals surface area contributed by atoms with Crippen LogP contribution in [0.4, 0.5) is 14.9 Å². The molecule has 13 heteroatoms. The summed E-state index contributed by atoms with van der Waals surface area (Å²) in [7, 11) is 0. The van der Waals surface area contributed by atoms with Crippen LogP contribution < -0.4 is 10.6 Å². The molecule has 3 rings (SSSR count). The number of thiophene rings is 1. The molecule has 0 atom stereocenters. The van der Waals surface area contributed by atoms with Crippen molar-refractivity contribution in [2.45, 2.75) is 6.92 Å². The summed E-state index contributed by atoms with van der Waals surface area (Å²) in [5.41, 5.74) is 5.20. The van der Waals surface area contributed by atoms with E-state index in [0.29, 0.717) is 9.78 Å². The van der Waals surface area contributed by atoms with E-state index in [0.717, 1.165) is 12.1 Å². The lowest BCUT2D eigenvalue weighted by molar-refractivity contribution is -0.160. The number of nitrogens with zero attached hydrogens (tertiary/aromatic N) is 1. The van der Waals surface area contributed by atoms with Gasteiger partial charge >= 0.3 is 18.0 Å². The van der Waals surface area contributed by atoms with E-state index in [1.54, 1.807) is 24.4 Å². The standard InChI is InChI=1S/C21H18ClFN2O8S/c1-2-31-16(26)8-30-9-17(27)32-10-33-19(15-4-3-5-34-15)18-11-6-13(23)12(22)7-14(11)25(20(18)28)21(24)29/h3-7H,2,8-10H2,1H3,(H2,24,29)/b19-18+. The zero-order valence-corrected chi connectivity index (χ0v) is 19.2. The smallest absolute Gasteiger partial charge is 0.334 e. The third-order valence-electron chi connectivity index (χ3n) is 4.33. The largest absolute Gasteiger partial charge is 0.464 e. The van der Waals surface area contributed by atoms with Gasteiger partial charge in [0.1, 0.15) is 19.0 Å². The lowest BCUT2D eigenvalue weighted by atomic mass is 10.0. The lowest BCUT2D eigenvalue weighted by Crippen LogP contribution is -2.38. The van der Waals surface area contributed by atoms with Gasteiger partial charge in [0.05, 0.1) is 27.8 Å². The number of carbonyl (C=O) groups is 4. The van der Waals surface area contributed by atoms with Crippen molar-refractivity contribution in [2.75, 3.05) is 31.5 Å². The van der Waals surface area contributed by atoms with Crippen LogP contribution in [0.3, 0.4) is 0 Å². The maximum Gasteiger partial charge on any atom is 0.334 e. The summed E-state index contributed by atoms with van der Waals surface area (Å²) in [5.74, 6) is -3.24. The minimum Gasteiger partial charge on any atom is -0.464 e. The monoisotopic (exact) mass is 512 g/mol. The third kappa shape index (κ3) is 5.53. The molecule has 2 N–H and O–H groups in total. The Hall–Kier alpha value is -3.48. The molecule has 0 aliphatic carbocycles. The number of anilines is 1. The van der Waals surface area contributed by atoms with Gasteiger partial charge < -0.3 is 24.7 Å². The fourth-order valence-electron chi connectivity index (χ4n) is 2.99. The van der Waals surface area contributed by atoms with E-state index in [9.17, 15) is 23.6 Å². The van der Waals surface area contributed by atoms with Crippen LogP contribution in [0.25, 0.3) is 11.3 Å². The molecule has 3 amide bonds. The third-order valence-corrected chi connectivity index (χ3v) is 5.48. The first-order chi connectivity index (χ1) is 16.2. The molecule has 10 nitrogen and oxygen atoms in total. The topological polar surface area (TPSA) is 134 Å². The molecule has 1 aliphatic rings. The van der Waals surface area contributed by atoms with Gasteiger partial charge in [0, 0.05) is 5.56 Å². The Morgan fingerprint density at radius 1 is 1.15 bits per heavy atom. The van der Waals surface area contributed by atoms with Gasteiger partial charge in [-0.3, -0.25) is 4.79 Å². The van der Waals surface area contributed by atoms with Gasteiger partial charge in [-0.15, -0.1) is 11.3 Å². The SMILES string of the molecule is CCOC(=O)COCC(=O)OCO/C(=C1/C(=O)N(C(N)=O)c2cc(Cl)c(F)cc21)c1cccs1. The second-order valence-electron chi connectivity index (χ2n) is 6.52. The predicted octanol–water partition coefficient (Wildman–Crippen LogP) is 2.93. The number of nitrogens with two attached hydrogens (primary N) is 1. The Morgan fingerprint density at radius 2 is 1.85 bits per heavy atom. The first-order valence-corrected chi connectivity index (χ1v) is 10.9. The second-order valence-corrected chi connectivity index (χ2v) is 7.87. The molecule has 2 aromatic rings. The van der Waals surface area contributed by atoms with Gasteiger partial charge in [0.25, 0.3) is 5.91 Å². The molecule has 0 bridgehead atoms. The Labute approximate surface area is 201 Å². The highest BCUT2D eigenvalue weighted by molar-refractivity contribution is 7.11. The van der Waals surface area contributed by atoms with Crippen molar-refractivity contribution in [1.29, 1.82) is 0 Å². The molecular weight excluding hydrogens is 495 g/mol. The quantitative estimate of drug-likeness (QED) is 0.234. The Balaban J connectivity index is 1.83. The van der Waals surface area contributed by atoms with E-state index in [4.69, 9.17) is 31.5 Å². The molecule has 1 aromatic heterocycles. The first kappa shape index (κ1) is 25.1. The van der Waals surface area contributed by atoms with Crippen LogP contribution in [0, 0.1) is 5.82 Å². The summed E-state index contributed by atoms with van der Waals surface area (Å²) in [5, 5.41) is 1.39. The maximum atomic E-state index is 14.2. The van der Waals surface area contributed by atoms with Crippen LogP contribution >= 0.6 is 22.9 Å². The number of primary amides is 1. The second kappa shape index (κ2) is 11.1. The minimum atomic E-state index is -1.10. The summed E-state index contributed by atoms with van der Waals surface area (Å²) in [6.07, 6.45) is 0. The van der Waals surface area contributed by atoms with Crippen LogP contribution in [-0.2, 0) is 33.3 Å². The molecule has 1 aliphatic heterocycles. The van der Waals surface area contributed by atoms with Crippen molar-refractivity contribution in [2.24, 2.45) is 5.73 Å². The number of amides is 3. The summed E-state index contributed by atoms with van der Waals surface area (Å²) in [4.78, 5) is 49.2. The molecule has 0 saturated heterocycles. The fraction of sp³-hybridized carbons (Fsp3) is 0.238. The van der Waals surface area contributed by atoms with Gasteiger partial charge in [0.15, 0.2) is 5.76 Å². The molecule has 0 saturated carbocycles. The Morgan fingerprint density at radius 3 is 2.47 bits per heavy atom. The van der Waals surface area contributed by atoms with Crippen LogP contribution in [0.5, 0.6) is 0 Å². The highest BCUT2D eigenvalue weighted by Gasteiger charge is 2.40. The summed E-state index contributed by atoms with van der Waals surface area (Å²) in [6, 6.07) is 4.28. The van der Waals surface area contributed by atoms with Crippen molar-refractivity contribution in [3.05, 3.63) is 50.9 Å². The van der Waals surface area contributed by atoms with Crippen molar-refractivity contribution < 1.29 is 42.5 Å². The molecule has 180 valence electrons. The average Bonchev–Trinajstić information content (AvgIpc) is 3.39. The molecule has 34 heavy (non-hydrogen) atoms. The van der Waals surface area contributed by atoms with Crippen molar-refractivity contribution in [1.82, 2.24) is 0 Å². The number of carbonyl (C=O) groups excluding carboxylic acids is 4. The van der Waals surface area contributed by atoms with E-state index >= 15 is 0 Å². The number of hydrogen-bond donors (Lipinski definition) is 1. The molecule has 1 aromatic carbocycles. The van der Waals surface area contributed by atoms with Gasteiger partial charge in [-0.1, -0.05) is 17.7 Å². The number of benzene rings is 1. The van der Waals surface area contributed by atoms with Gasteiger partial charge in [-0.2, -0.15) is 0 Å². The lowest BCUT2D eigenvalue weighted by Gasteiger charge is -2.13. The van der Waals surface area contributed by atoms with Gasteiger partial charge in [0.2, 0.25) is 6.79 Å². The molecular formula is C21H18ClFN2O8S. The number of fused-ring (bicyclic) bond motifs is 1. The average molecular weight is 513 g/mol. The molecule has 0 fully saturated rings. The number of rotatable bonds is 9. The van der Waals surface area contributed by atoms with E-state index in [1.165, 1.54) is 11.3 Å². The van der Waals surface area contributed by atoms with E-state index in [1.807, 2.05) is 0 Å². The van der Waals surface area contributed by atoms with Crippen LogP contribution in [0.2, 0.25) is 5.02 Å². The van der Waals surface area contributed by atoms with Gasteiger partial charge in [-0.25, -0.2) is 23.7 Å². The normalized spacial score (nSPS) is 14.0. The summed E-state index contributed by atoms with van der Waals surface area (Å²) < 4.78 is 34.3. The summed E-state index contributed by atoms with van der Waals surface area (Å²) >= 11 is 7.01. The van der Waals surface area contributed by atoms with Crippen molar-refractivity contribution >= 4 is 63.8 Å². The number of halogens is 2. The van der Waals surface area contributed by atoms with Gasteiger partial charge in [-0.05, 0) is 30.5 Å². The maximum absolute atomic E-state index is 14.2. The van der Waals surface area contributed by atoms with E-state index < -0.39 is 49.7 Å². The van der Waals surface area contributed by atoms with Crippen molar-refractivity contribution in [3.63, 3.8) is 0 Å². The zero-order valence-electron chi connectivity index (χ0n) is 17.7. The predicted molar refractivity (Wildman–Crippen MR) is 119 cm³/mol. The van der Waals surface area contributed by atoms with E-state index in [2.05, 4.69) is 4.74 Å². The number of esters is 2. The highest BCUT2D eigenvalue weighted by Crippen LogP contribution is 2.43. The first-order valence-electron chi connectivity index (χ1n) is 9.67. The molecule has 2 heterocycles. The summed E-state index contributed by atoms with van der Waals surface area (Å²) in [6.45, 7) is 0.173. The number of imide groups is 1. The fourth-order valence-corrected chi connectivity index (χ4v) is 3.87. The van der Waals surface area contributed by atoms with Crippen LogP contribution in [0.1, 0.15) is 17.4 Å². The number of urea groups is 1. The number of ether oxygens (including phenoxy) is 4. The van der Waals surface area contributed by atoms with Crippen LogP contribution in [0.15, 0.2) is 29.6 Å². The minimum absolute atomic E-state index is 0.0130. The Bertz CT molecular complexity index is 1150. The highest BCUT2D eigenvalue weighted by atomic mass is 35.5. The zero-order chi connectivity index (χ0) is 24.8. The molecule has 0 spiro atoms. The van der Waals surface area contributed by atoms with Crippen LogP contribution in [-0.4, -0.2) is 50.5 Å². The number of hydrogen-bond acceptors (Lipinski definition) is 9.